The van der Waals surface area contributed by atoms with E-state index in [0.717, 1.165) is 24.5 Å². The largest absolute Gasteiger partial charge is 0.394 e. The number of carbonyl (C=O) groups excluding carboxylic acids is 3. The summed E-state index contributed by atoms with van der Waals surface area (Å²) >= 11 is 0. The first-order chi connectivity index (χ1) is 17.8. The molecular weight excluding hydrogens is 472 g/mol. The van der Waals surface area contributed by atoms with Crippen LogP contribution in [0.4, 0.5) is 11.4 Å². The zero-order valence-corrected chi connectivity index (χ0v) is 21.9. The Hall–Kier alpha value is -3.17. The third kappa shape index (κ3) is 3.78. The number of amides is 3. The second-order valence-electron chi connectivity index (χ2n) is 10.3. The molecule has 3 amide bonds. The van der Waals surface area contributed by atoms with E-state index in [1.54, 1.807) is 23.8 Å². The minimum Gasteiger partial charge on any atom is -0.394 e. The van der Waals surface area contributed by atoms with Crippen LogP contribution < -0.4 is 9.80 Å². The Balaban J connectivity index is 1.57. The lowest BCUT2D eigenvalue weighted by Gasteiger charge is -2.37. The van der Waals surface area contributed by atoms with E-state index in [-0.39, 0.29) is 24.3 Å². The summed E-state index contributed by atoms with van der Waals surface area (Å²) in [6, 6.07) is 6.24. The van der Waals surface area contributed by atoms with Gasteiger partial charge in [0.1, 0.15) is 11.6 Å². The fourth-order valence-electron chi connectivity index (χ4n) is 6.43. The minimum atomic E-state index is -1.29. The van der Waals surface area contributed by atoms with Gasteiger partial charge in [0.25, 0.3) is 5.91 Å². The molecule has 4 aliphatic heterocycles. The van der Waals surface area contributed by atoms with Crippen LogP contribution in [0.25, 0.3) is 0 Å². The van der Waals surface area contributed by atoms with E-state index in [4.69, 9.17) is 4.74 Å². The van der Waals surface area contributed by atoms with Crippen LogP contribution in [0.15, 0.2) is 48.6 Å². The first-order valence-corrected chi connectivity index (χ1v) is 13.2. The van der Waals surface area contributed by atoms with Crippen molar-refractivity contribution >= 4 is 29.1 Å². The summed E-state index contributed by atoms with van der Waals surface area (Å²) < 4.78 is 6.57. The monoisotopic (exact) mass is 508 g/mol. The first kappa shape index (κ1) is 25.5. The Kier molecular flexibility index (Phi) is 6.62. The van der Waals surface area contributed by atoms with Gasteiger partial charge in [-0.2, -0.15) is 0 Å². The number of carbonyl (C=O) groups is 3. The van der Waals surface area contributed by atoms with Crippen molar-refractivity contribution in [2.45, 2.75) is 44.6 Å². The van der Waals surface area contributed by atoms with Gasteiger partial charge in [-0.15, -0.1) is 0 Å². The molecule has 198 valence electrons. The molecule has 5 rings (SSSR count). The molecular formula is C28H36N4O5. The highest BCUT2D eigenvalue weighted by Gasteiger charge is 2.72. The van der Waals surface area contributed by atoms with E-state index in [2.05, 4.69) is 18.7 Å². The van der Waals surface area contributed by atoms with Gasteiger partial charge in [-0.05, 0) is 45.0 Å². The van der Waals surface area contributed by atoms with Gasteiger partial charge in [0.2, 0.25) is 11.8 Å². The van der Waals surface area contributed by atoms with Crippen LogP contribution in [-0.4, -0.2) is 96.3 Å². The Bertz CT molecular complexity index is 1130. The molecule has 0 radical (unpaired) electrons. The molecule has 0 bridgehead atoms. The Morgan fingerprint density at radius 1 is 1.05 bits per heavy atom. The van der Waals surface area contributed by atoms with Crippen molar-refractivity contribution in [1.82, 2.24) is 9.80 Å². The molecule has 6 atom stereocenters. The van der Waals surface area contributed by atoms with Gasteiger partial charge in [0.05, 0.1) is 30.6 Å². The summed E-state index contributed by atoms with van der Waals surface area (Å²) in [5.74, 6) is -2.35. The van der Waals surface area contributed by atoms with Crippen molar-refractivity contribution in [2.24, 2.45) is 11.8 Å². The van der Waals surface area contributed by atoms with Gasteiger partial charge in [0.15, 0.2) is 0 Å². The van der Waals surface area contributed by atoms with Crippen LogP contribution in [0.5, 0.6) is 0 Å². The van der Waals surface area contributed by atoms with Crippen LogP contribution in [0, 0.1) is 11.8 Å². The molecule has 37 heavy (non-hydrogen) atoms. The first-order valence-electron chi connectivity index (χ1n) is 13.2. The normalized spacial score (nSPS) is 31.7. The van der Waals surface area contributed by atoms with Gasteiger partial charge in [-0.3, -0.25) is 14.4 Å². The van der Waals surface area contributed by atoms with Crippen molar-refractivity contribution in [3.05, 3.63) is 48.6 Å². The van der Waals surface area contributed by atoms with Gasteiger partial charge in [0, 0.05) is 44.6 Å². The molecule has 0 saturated carbocycles. The molecule has 1 N–H and O–H groups in total. The van der Waals surface area contributed by atoms with E-state index in [1.165, 1.54) is 4.90 Å². The van der Waals surface area contributed by atoms with E-state index in [9.17, 15) is 19.5 Å². The maximum Gasteiger partial charge on any atom is 0.253 e. The van der Waals surface area contributed by atoms with E-state index in [1.807, 2.05) is 48.6 Å². The van der Waals surface area contributed by atoms with Crippen molar-refractivity contribution < 1.29 is 24.2 Å². The second-order valence-corrected chi connectivity index (χ2v) is 10.3. The summed E-state index contributed by atoms with van der Waals surface area (Å²) in [5.41, 5.74) is 0.502. The number of aliphatic hydroxyl groups is 1. The van der Waals surface area contributed by atoms with Gasteiger partial charge in [-0.1, -0.05) is 24.3 Å². The standard InChI is InChI=1S/C28H36N4O5/c1-5-30(6-2)19-10-12-20(13-11-19)31-16-8-14-28-23(22-21(37-28)9-7-15-29(4)25(22)34)26(35)32(18(3)17-33)24(28)27(31)36/h7-14,18,21-24,33H,5-6,15-17H2,1-4H3/t18-,21-,22+,23+,24?,28+/m1/s1. The van der Waals surface area contributed by atoms with Crippen LogP contribution in [0.2, 0.25) is 0 Å². The number of rotatable bonds is 6. The number of aliphatic hydroxyl groups excluding tert-OH is 1. The van der Waals surface area contributed by atoms with Crippen LogP contribution >= 0.6 is 0 Å². The molecule has 1 aromatic carbocycles. The Morgan fingerprint density at radius 2 is 1.76 bits per heavy atom. The summed E-state index contributed by atoms with van der Waals surface area (Å²) in [6.45, 7) is 8.13. The van der Waals surface area contributed by atoms with Crippen molar-refractivity contribution in [3.63, 3.8) is 0 Å². The van der Waals surface area contributed by atoms with Crippen molar-refractivity contribution in [2.75, 3.05) is 49.6 Å². The molecule has 4 heterocycles. The molecule has 0 aromatic heterocycles. The summed E-state index contributed by atoms with van der Waals surface area (Å²) in [5, 5.41) is 10.0. The maximum absolute atomic E-state index is 14.3. The van der Waals surface area contributed by atoms with Gasteiger partial charge >= 0.3 is 0 Å². The number of anilines is 2. The van der Waals surface area contributed by atoms with E-state index >= 15 is 0 Å². The number of ether oxygens (including phenoxy) is 1. The van der Waals surface area contributed by atoms with Crippen LogP contribution in [0.3, 0.4) is 0 Å². The molecule has 1 unspecified atom stereocenters. The van der Waals surface area contributed by atoms with Crippen LogP contribution in [0.1, 0.15) is 20.8 Å². The predicted octanol–water partition coefficient (Wildman–Crippen LogP) is 1.43. The Labute approximate surface area is 217 Å². The minimum absolute atomic E-state index is 0.170. The number of hydrogen-bond donors (Lipinski definition) is 1. The lowest BCUT2D eigenvalue weighted by molar-refractivity contribution is -0.146. The van der Waals surface area contributed by atoms with Crippen molar-refractivity contribution in [3.8, 4) is 0 Å². The third-order valence-corrected chi connectivity index (χ3v) is 8.33. The maximum atomic E-state index is 14.3. The average Bonchev–Trinajstić information content (AvgIpc) is 3.24. The zero-order valence-electron chi connectivity index (χ0n) is 21.9. The number of nitrogens with zero attached hydrogens (tertiary/aromatic N) is 4. The van der Waals surface area contributed by atoms with Gasteiger partial charge < -0.3 is 29.4 Å². The summed E-state index contributed by atoms with van der Waals surface area (Å²) in [7, 11) is 1.71. The zero-order chi connectivity index (χ0) is 26.5. The lowest BCUT2D eigenvalue weighted by atomic mass is 9.77. The molecule has 9 heteroatoms. The summed E-state index contributed by atoms with van der Waals surface area (Å²) in [6.07, 6.45) is 6.81. The lowest BCUT2D eigenvalue weighted by Crippen LogP contribution is -2.57. The SMILES string of the molecule is CCN(CC)c1ccc(N2CC=C[C@]34O[C@@H]5C=CCN(C)C(=O)[C@@H]5[C@H]3C(=O)N([C@H](C)CO)C4C2=O)cc1. The van der Waals surface area contributed by atoms with Gasteiger partial charge in [-0.25, -0.2) is 0 Å². The topological polar surface area (TPSA) is 93.6 Å². The smallest absolute Gasteiger partial charge is 0.253 e. The molecule has 2 fully saturated rings. The highest BCUT2D eigenvalue weighted by Crippen LogP contribution is 2.54. The molecule has 1 spiro atoms. The quantitative estimate of drug-likeness (QED) is 0.585. The molecule has 9 nitrogen and oxygen atoms in total. The van der Waals surface area contributed by atoms with Crippen LogP contribution in [-0.2, 0) is 19.1 Å². The average molecular weight is 509 g/mol. The molecule has 1 aromatic rings. The fraction of sp³-hybridized carbons (Fsp3) is 0.536. The van der Waals surface area contributed by atoms with E-state index < -0.39 is 35.6 Å². The number of likely N-dealkylation sites (tertiary alicyclic amines) is 1. The third-order valence-electron chi connectivity index (χ3n) is 8.33. The van der Waals surface area contributed by atoms with E-state index in [0.29, 0.717) is 13.1 Å². The van der Waals surface area contributed by atoms with Crippen molar-refractivity contribution in [1.29, 1.82) is 0 Å². The number of hydrogen-bond acceptors (Lipinski definition) is 6. The molecule has 4 aliphatic rings. The Morgan fingerprint density at radius 3 is 2.41 bits per heavy atom. The second kappa shape index (κ2) is 9.61. The number of fused-ring (bicyclic) bond motifs is 2. The summed E-state index contributed by atoms with van der Waals surface area (Å²) in [4.78, 5) is 48.6. The number of likely N-dealkylation sites (N-methyl/N-ethyl adjacent to an activating group) is 1. The highest BCUT2D eigenvalue weighted by atomic mass is 16.5. The predicted molar refractivity (Wildman–Crippen MR) is 140 cm³/mol. The molecule has 2 saturated heterocycles. The fourth-order valence-corrected chi connectivity index (χ4v) is 6.43. The molecule has 0 aliphatic carbocycles. The highest BCUT2D eigenvalue weighted by molar-refractivity contribution is 6.06. The number of benzene rings is 1.